The molecule has 4 rings (SSSR count). The first kappa shape index (κ1) is 15.1. The Morgan fingerprint density at radius 3 is 3.00 bits per heavy atom. The number of nitrogens with zero attached hydrogens (tertiary/aromatic N) is 2. The third kappa shape index (κ3) is 2.84. The first-order valence-corrected chi connectivity index (χ1v) is 8.32. The van der Waals surface area contributed by atoms with Crippen LogP contribution in [0.2, 0.25) is 0 Å². The van der Waals surface area contributed by atoms with Crippen LogP contribution >= 0.6 is 0 Å². The van der Waals surface area contributed by atoms with Crippen LogP contribution in [0.15, 0.2) is 28.8 Å². The Kier molecular flexibility index (Phi) is 3.88. The predicted octanol–water partition coefficient (Wildman–Crippen LogP) is 3.01. The van der Waals surface area contributed by atoms with Crippen molar-refractivity contribution in [1.29, 1.82) is 0 Å². The minimum Gasteiger partial charge on any atom is -0.454 e. The summed E-state index contributed by atoms with van der Waals surface area (Å²) in [4.78, 5) is 14.6. The van der Waals surface area contributed by atoms with Crippen LogP contribution in [0.3, 0.4) is 0 Å². The topological polar surface area (TPSA) is 64.8 Å². The number of hydrogen-bond acceptors (Lipinski definition) is 5. The number of aromatic nitrogens is 1. The number of rotatable bonds is 4. The summed E-state index contributed by atoms with van der Waals surface area (Å²) in [6.45, 7) is 2.95. The molecule has 0 unspecified atom stereocenters. The minimum absolute atomic E-state index is 0.0236. The molecule has 0 spiro atoms. The van der Waals surface area contributed by atoms with Gasteiger partial charge in [-0.2, -0.15) is 0 Å². The molecule has 0 N–H and O–H groups in total. The van der Waals surface area contributed by atoms with Gasteiger partial charge in [-0.1, -0.05) is 11.2 Å². The van der Waals surface area contributed by atoms with Gasteiger partial charge in [0.15, 0.2) is 17.3 Å². The lowest BCUT2D eigenvalue weighted by molar-refractivity contribution is -0.132. The highest BCUT2D eigenvalue weighted by Crippen LogP contribution is 2.34. The molecular formula is C18H20N2O4. The van der Waals surface area contributed by atoms with Crippen molar-refractivity contribution >= 4 is 5.91 Å². The largest absolute Gasteiger partial charge is 0.454 e. The van der Waals surface area contributed by atoms with E-state index in [9.17, 15) is 4.79 Å². The molecule has 2 aliphatic rings. The van der Waals surface area contributed by atoms with Crippen LogP contribution in [0, 0.1) is 6.92 Å². The zero-order valence-electron chi connectivity index (χ0n) is 13.7. The zero-order chi connectivity index (χ0) is 16.5. The van der Waals surface area contributed by atoms with Crippen molar-refractivity contribution in [3.05, 3.63) is 41.3 Å². The smallest absolute Gasteiger partial charge is 0.231 e. The van der Waals surface area contributed by atoms with Gasteiger partial charge >= 0.3 is 0 Å². The fourth-order valence-electron chi connectivity index (χ4n) is 3.39. The summed E-state index contributed by atoms with van der Waals surface area (Å²) >= 11 is 0. The maximum atomic E-state index is 12.7. The second kappa shape index (κ2) is 6.19. The second-order valence-electron chi connectivity index (χ2n) is 6.30. The molecule has 1 saturated heterocycles. The fourth-order valence-corrected chi connectivity index (χ4v) is 3.39. The average Bonchev–Trinajstić information content (AvgIpc) is 3.31. The SMILES string of the molecule is Cc1cc([C@@H]2CCCN2C(=O)CCc2ccc3c(c2)OCO3)on1. The van der Waals surface area contributed by atoms with Crippen LogP contribution in [0.25, 0.3) is 0 Å². The van der Waals surface area contributed by atoms with Crippen molar-refractivity contribution in [2.75, 3.05) is 13.3 Å². The molecule has 24 heavy (non-hydrogen) atoms. The molecular weight excluding hydrogens is 308 g/mol. The van der Waals surface area contributed by atoms with Crippen molar-refractivity contribution in [1.82, 2.24) is 10.1 Å². The second-order valence-corrected chi connectivity index (χ2v) is 6.30. The molecule has 6 nitrogen and oxygen atoms in total. The number of carbonyl (C=O) groups excluding carboxylic acids is 1. The fraction of sp³-hybridized carbons (Fsp3) is 0.444. The lowest BCUT2D eigenvalue weighted by Gasteiger charge is -2.22. The summed E-state index contributed by atoms with van der Waals surface area (Å²) in [7, 11) is 0. The van der Waals surface area contributed by atoms with Gasteiger partial charge in [0, 0.05) is 19.0 Å². The normalized spacial score (nSPS) is 19.0. The predicted molar refractivity (Wildman–Crippen MR) is 85.8 cm³/mol. The van der Waals surface area contributed by atoms with Gasteiger partial charge in [-0.3, -0.25) is 4.79 Å². The molecule has 0 bridgehead atoms. The molecule has 2 aliphatic heterocycles. The number of aryl methyl sites for hydroxylation is 2. The standard InChI is InChI=1S/C18H20N2O4/c1-12-9-16(24-19-12)14-3-2-8-20(14)18(21)7-5-13-4-6-15-17(10-13)23-11-22-15/h4,6,9-10,14H,2-3,5,7-8,11H2,1H3/t14-/m0/s1. The van der Waals surface area contributed by atoms with Crippen LogP contribution in [-0.4, -0.2) is 29.3 Å². The number of fused-ring (bicyclic) bond motifs is 1. The van der Waals surface area contributed by atoms with Crippen molar-refractivity contribution < 1.29 is 18.8 Å². The summed E-state index contributed by atoms with van der Waals surface area (Å²) < 4.78 is 16.1. The van der Waals surface area contributed by atoms with E-state index in [1.807, 2.05) is 36.1 Å². The summed E-state index contributed by atoms with van der Waals surface area (Å²) in [6, 6.07) is 7.79. The van der Waals surface area contributed by atoms with Gasteiger partial charge in [0.05, 0.1) is 11.7 Å². The van der Waals surface area contributed by atoms with Crippen LogP contribution in [0.4, 0.5) is 0 Å². The van der Waals surface area contributed by atoms with E-state index in [2.05, 4.69) is 5.16 Å². The first-order chi connectivity index (χ1) is 11.7. The maximum Gasteiger partial charge on any atom is 0.231 e. The number of ether oxygens (including phenoxy) is 2. The molecule has 126 valence electrons. The Morgan fingerprint density at radius 1 is 1.29 bits per heavy atom. The van der Waals surface area contributed by atoms with Crippen LogP contribution in [0.5, 0.6) is 11.5 Å². The maximum absolute atomic E-state index is 12.7. The van der Waals surface area contributed by atoms with E-state index in [4.69, 9.17) is 14.0 Å². The Morgan fingerprint density at radius 2 is 2.17 bits per heavy atom. The number of benzene rings is 1. The molecule has 3 heterocycles. The van der Waals surface area contributed by atoms with E-state index in [1.54, 1.807) is 0 Å². The Labute approximate surface area is 140 Å². The molecule has 0 aliphatic carbocycles. The Balaban J connectivity index is 1.40. The van der Waals surface area contributed by atoms with Gasteiger partial charge in [-0.05, 0) is 43.9 Å². The van der Waals surface area contributed by atoms with E-state index >= 15 is 0 Å². The van der Waals surface area contributed by atoms with Gasteiger partial charge in [0.25, 0.3) is 0 Å². The van der Waals surface area contributed by atoms with Gasteiger partial charge < -0.3 is 18.9 Å². The number of carbonyl (C=O) groups is 1. The lowest BCUT2D eigenvalue weighted by Crippen LogP contribution is -2.30. The molecule has 0 radical (unpaired) electrons. The molecule has 1 aromatic carbocycles. The highest BCUT2D eigenvalue weighted by molar-refractivity contribution is 5.77. The highest BCUT2D eigenvalue weighted by Gasteiger charge is 2.32. The summed E-state index contributed by atoms with van der Waals surface area (Å²) in [5, 5.41) is 3.94. The molecule has 0 saturated carbocycles. The molecule has 1 aromatic heterocycles. The van der Waals surface area contributed by atoms with E-state index in [-0.39, 0.29) is 18.7 Å². The third-order valence-electron chi connectivity index (χ3n) is 4.61. The van der Waals surface area contributed by atoms with Crippen molar-refractivity contribution in [2.24, 2.45) is 0 Å². The summed E-state index contributed by atoms with van der Waals surface area (Å²) in [5.41, 5.74) is 1.93. The zero-order valence-corrected chi connectivity index (χ0v) is 13.7. The molecule has 1 fully saturated rings. The van der Waals surface area contributed by atoms with Crippen LogP contribution in [0.1, 0.15) is 42.3 Å². The highest BCUT2D eigenvalue weighted by atomic mass is 16.7. The molecule has 2 aromatic rings. The van der Waals surface area contributed by atoms with Crippen molar-refractivity contribution in [2.45, 2.75) is 38.6 Å². The Hall–Kier alpha value is -2.50. The monoisotopic (exact) mass is 328 g/mol. The number of amides is 1. The van der Waals surface area contributed by atoms with E-state index in [0.29, 0.717) is 12.8 Å². The van der Waals surface area contributed by atoms with Crippen LogP contribution in [-0.2, 0) is 11.2 Å². The third-order valence-corrected chi connectivity index (χ3v) is 4.61. The van der Waals surface area contributed by atoms with Crippen molar-refractivity contribution in [3.8, 4) is 11.5 Å². The Bertz CT molecular complexity index is 755. The molecule has 1 atom stereocenters. The van der Waals surface area contributed by atoms with Gasteiger partial charge in [0.2, 0.25) is 12.7 Å². The van der Waals surface area contributed by atoms with E-state index < -0.39 is 0 Å². The summed E-state index contributed by atoms with van der Waals surface area (Å²) in [5.74, 6) is 2.48. The molecule has 1 amide bonds. The lowest BCUT2D eigenvalue weighted by atomic mass is 10.1. The van der Waals surface area contributed by atoms with E-state index in [0.717, 1.165) is 47.9 Å². The average molecular weight is 328 g/mol. The van der Waals surface area contributed by atoms with Crippen LogP contribution < -0.4 is 9.47 Å². The quantitative estimate of drug-likeness (QED) is 0.863. The number of hydrogen-bond donors (Lipinski definition) is 0. The summed E-state index contributed by atoms with van der Waals surface area (Å²) in [6.07, 6.45) is 3.10. The van der Waals surface area contributed by atoms with Gasteiger partial charge in [-0.15, -0.1) is 0 Å². The van der Waals surface area contributed by atoms with Crippen molar-refractivity contribution in [3.63, 3.8) is 0 Å². The first-order valence-electron chi connectivity index (χ1n) is 8.32. The van der Waals surface area contributed by atoms with E-state index in [1.165, 1.54) is 0 Å². The molecule has 6 heteroatoms. The number of likely N-dealkylation sites (tertiary alicyclic amines) is 1. The van der Waals surface area contributed by atoms with Gasteiger partial charge in [0.1, 0.15) is 0 Å². The van der Waals surface area contributed by atoms with Gasteiger partial charge in [-0.25, -0.2) is 0 Å². The minimum atomic E-state index is 0.0236.